The normalized spacial score (nSPS) is 26.8. The van der Waals surface area contributed by atoms with Crippen molar-refractivity contribution in [1.82, 2.24) is 10.3 Å². The number of nitrogens with zero attached hydrogens (tertiary/aromatic N) is 1. The smallest absolute Gasteiger partial charge is 0.200 e. The number of fused-ring (bicyclic) bond motifs is 1. The van der Waals surface area contributed by atoms with Gasteiger partial charge in [-0.25, -0.2) is 0 Å². The maximum Gasteiger partial charge on any atom is 0.200 e. The highest BCUT2D eigenvalue weighted by Crippen LogP contribution is 2.50. The van der Waals surface area contributed by atoms with Crippen LogP contribution in [-0.2, 0) is 15.9 Å². The van der Waals surface area contributed by atoms with Gasteiger partial charge in [-0.15, -0.1) is 0 Å². The van der Waals surface area contributed by atoms with Crippen molar-refractivity contribution >= 4 is 0 Å². The van der Waals surface area contributed by atoms with E-state index in [2.05, 4.69) is 28.5 Å². The lowest BCUT2D eigenvalue weighted by Crippen LogP contribution is -2.44. The summed E-state index contributed by atoms with van der Waals surface area (Å²) in [5.41, 5.74) is 4.56. The highest BCUT2D eigenvalue weighted by molar-refractivity contribution is 5.59. The number of aromatic nitrogens is 1. The van der Waals surface area contributed by atoms with Gasteiger partial charge in [0.1, 0.15) is 5.75 Å². The Morgan fingerprint density at radius 1 is 1.00 bits per heavy atom. The van der Waals surface area contributed by atoms with E-state index in [1.165, 1.54) is 12.7 Å². The summed E-state index contributed by atoms with van der Waals surface area (Å²) in [4.78, 5) is 4.18. The van der Waals surface area contributed by atoms with Gasteiger partial charge < -0.3 is 44.9 Å². The monoisotopic (exact) mass is 673 g/mol. The lowest BCUT2D eigenvalue weighted by atomic mass is 9.71. The predicted molar refractivity (Wildman–Crippen MR) is 189 cm³/mol. The van der Waals surface area contributed by atoms with Gasteiger partial charge in [0.15, 0.2) is 11.5 Å². The van der Waals surface area contributed by atoms with Crippen LogP contribution in [-0.4, -0.2) is 66.0 Å². The Hall–Kier alpha value is -3.50. The molecule has 6 rings (SSSR count). The zero-order valence-electron chi connectivity index (χ0n) is 28.9. The van der Waals surface area contributed by atoms with E-state index in [-0.39, 0.29) is 41.1 Å². The highest BCUT2D eigenvalue weighted by Gasteiger charge is 2.43. The Morgan fingerprint density at radius 2 is 1.88 bits per heavy atom. The minimum absolute atomic E-state index is 0.0224. The van der Waals surface area contributed by atoms with E-state index in [4.69, 9.17) is 14.2 Å². The maximum atomic E-state index is 11.4. The Morgan fingerprint density at radius 3 is 2.67 bits per heavy atom. The number of phenolic OH excluding ortho intramolecular Hbond substituents is 3. The largest absolute Gasteiger partial charge is 0.670 e. The number of benzene rings is 2. The van der Waals surface area contributed by atoms with Crippen LogP contribution in [0.3, 0.4) is 0 Å². The zero-order chi connectivity index (χ0) is 34.3. The maximum absolute atomic E-state index is 11.4. The van der Waals surface area contributed by atoms with Crippen molar-refractivity contribution in [2.75, 3.05) is 33.4 Å². The van der Waals surface area contributed by atoms with Crippen molar-refractivity contribution in [2.45, 2.75) is 94.9 Å². The molecule has 1 aromatic heterocycles. The standard InChI is InChI=1S/C40H53N2O7/c1-3-48-17-5-14-41-15-12-25-6-4-7-29(18-25)31-20-27(9-11-34(31)43)28-8-10-30-35(44)23-38(49-37(30)21-28)32-22-36(45)39(46)40(47-2)33(32)19-26-13-16-42-24-26/h4,7,9,11,13,16,20,22,24-25,28-30,35,37-38,41,43-46H,3,5-6,8,10,12,14-15,17-19,21,23H2,1-2H3/q-1/t25-,28+,29+,30-,35-,37-,38-/m0/s1. The molecule has 2 heterocycles. The molecule has 2 fully saturated rings. The summed E-state index contributed by atoms with van der Waals surface area (Å²) in [6.07, 6.45) is 14.4. The molecule has 1 saturated carbocycles. The van der Waals surface area contributed by atoms with E-state index in [0.717, 1.165) is 82.4 Å². The van der Waals surface area contributed by atoms with Gasteiger partial charge in [-0.2, -0.15) is 12.4 Å². The van der Waals surface area contributed by atoms with E-state index >= 15 is 0 Å². The average Bonchev–Trinajstić information content (AvgIpc) is 3.63. The number of aromatic hydroxyl groups is 3. The van der Waals surface area contributed by atoms with Crippen molar-refractivity contribution in [3.05, 3.63) is 82.7 Å². The van der Waals surface area contributed by atoms with Crippen LogP contribution in [0.15, 0.2) is 54.9 Å². The molecule has 9 nitrogen and oxygen atoms in total. The molecule has 9 heteroatoms. The Bertz CT molecular complexity index is 1540. The number of nitrogens with one attached hydrogen (secondary N) is 1. The molecule has 0 unspecified atom stereocenters. The van der Waals surface area contributed by atoms with Crippen LogP contribution in [0.4, 0.5) is 0 Å². The second-order valence-corrected chi connectivity index (χ2v) is 14.1. The average molecular weight is 674 g/mol. The number of aliphatic hydroxyl groups excluding tert-OH is 1. The Balaban J connectivity index is 1.14. The molecular formula is C40H53N2O7-. The van der Waals surface area contributed by atoms with Gasteiger partial charge in [0.25, 0.3) is 0 Å². The van der Waals surface area contributed by atoms with Crippen LogP contribution < -0.4 is 15.0 Å². The fourth-order valence-corrected chi connectivity index (χ4v) is 8.36. The first-order valence-corrected chi connectivity index (χ1v) is 18.1. The van der Waals surface area contributed by atoms with Crippen LogP contribution >= 0.6 is 0 Å². The summed E-state index contributed by atoms with van der Waals surface area (Å²) >= 11 is 0. The summed E-state index contributed by atoms with van der Waals surface area (Å²) in [7, 11) is 1.47. The van der Waals surface area contributed by atoms with Crippen LogP contribution in [0.2, 0.25) is 0 Å². The minimum atomic E-state index is -0.557. The summed E-state index contributed by atoms with van der Waals surface area (Å²) in [5.74, 6) is 0.977. The minimum Gasteiger partial charge on any atom is -0.670 e. The number of ether oxygens (including phenoxy) is 3. The Labute approximate surface area is 290 Å². The van der Waals surface area contributed by atoms with Gasteiger partial charge in [-0.1, -0.05) is 35.9 Å². The molecule has 0 spiro atoms. The third-order valence-corrected chi connectivity index (χ3v) is 11.0. The van der Waals surface area contributed by atoms with Crippen LogP contribution in [0, 0.1) is 11.8 Å². The van der Waals surface area contributed by atoms with Gasteiger partial charge >= 0.3 is 0 Å². The third kappa shape index (κ3) is 8.28. The first-order valence-electron chi connectivity index (χ1n) is 18.1. The molecule has 0 bridgehead atoms. The molecule has 49 heavy (non-hydrogen) atoms. The molecular weight excluding hydrogens is 620 g/mol. The first-order chi connectivity index (χ1) is 23.9. The van der Waals surface area contributed by atoms with Gasteiger partial charge in [0.05, 0.1) is 25.4 Å². The van der Waals surface area contributed by atoms with E-state index in [1.807, 2.05) is 25.1 Å². The third-order valence-electron chi connectivity index (χ3n) is 11.0. The van der Waals surface area contributed by atoms with Crippen LogP contribution in [0.25, 0.3) is 0 Å². The summed E-state index contributed by atoms with van der Waals surface area (Å²) < 4.78 is 17.8. The summed E-state index contributed by atoms with van der Waals surface area (Å²) in [6.45, 7) is 5.55. The molecule has 2 aliphatic carbocycles. The van der Waals surface area contributed by atoms with Crippen molar-refractivity contribution in [1.29, 1.82) is 0 Å². The second kappa shape index (κ2) is 16.5. The van der Waals surface area contributed by atoms with Crippen molar-refractivity contribution < 1.29 is 34.6 Å². The highest BCUT2D eigenvalue weighted by atomic mass is 16.5. The second-order valence-electron chi connectivity index (χ2n) is 14.1. The van der Waals surface area contributed by atoms with Crippen molar-refractivity contribution in [3.8, 4) is 23.0 Å². The lowest BCUT2D eigenvalue weighted by molar-refractivity contribution is -0.154. The molecule has 1 aliphatic heterocycles. The van der Waals surface area contributed by atoms with E-state index in [1.54, 1.807) is 18.5 Å². The zero-order valence-corrected chi connectivity index (χ0v) is 28.9. The summed E-state index contributed by atoms with van der Waals surface area (Å²) in [5, 5.41) is 47.3. The van der Waals surface area contributed by atoms with Crippen LogP contribution in [0.5, 0.6) is 23.0 Å². The molecule has 266 valence electrons. The number of hydrogen-bond donors (Lipinski definition) is 5. The quantitative estimate of drug-likeness (QED) is 0.0730. The number of aliphatic hydroxyl groups is 1. The fraction of sp³-hybridized carbons (Fsp3) is 0.550. The number of hydrogen-bond acceptors (Lipinski definition) is 8. The SMILES string of the molecule is CCOCCCNCC[C@@H]1CC=C[C@@H](c2cc([C@@H]3CC[C@@H]4[C@H](C3)O[C@H](c3cc(O)c(O)c(OC)c3Cc3cc[n-]c3)C[C@@H]4O)ccc2O)C1. The van der Waals surface area contributed by atoms with Gasteiger partial charge in [-0.05, 0) is 106 Å². The van der Waals surface area contributed by atoms with Crippen molar-refractivity contribution in [3.63, 3.8) is 0 Å². The molecule has 3 aliphatic rings. The van der Waals surface area contributed by atoms with Crippen LogP contribution in [0.1, 0.15) is 104 Å². The number of allylic oxidation sites excluding steroid dienone is 2. The van der Waals surface area contributed by atoms with E-state index < -0.39 is 12.2 Å². The molecule has 1 saturated heterocycles. The van der Waals surface area contributed by atoms with E-state index in [0.29, 0.717) is 35.6 Å². The van der Waals surface area contributed by atoms with Crippen molar-refractivity contribution in [2.24, 2.45) is 11.8 Å². The molecule has 2 aromatic carbocycles. The van der Waals surface area contributed by atoms with Gasteiger partial charge in [0, 0.05) is 42.6 Å². The topological polar surface area (TPSA) is 135 Å². The first kappa shape index (κ1) is 35.3. The number of rotatable bonds is 14. The summed E-state index contributed by atoms with van der Waals surface area (Å²) in [6, 6.07) is 9.56. The number of phenols is 3. The fourth-order valence-electron chi connectivity index (χ4n) is 8.36. The molecule has 7 atom stereocenters. The molecule has 0 radical (unpaired) electrons. The van der Waals surface area contributed by atoms with E-state index in [9.17, 15) is 20.4 Å². The number of methoxy groups -OCH3 is 1. The predicted octanol–water partition coefficient (Wildman–Crippen LogP) is 6.59. The van der Waals surface area contributed by atoms with Gasteiger partial charge in [-0.3, -0.25) is 0 Å². The molecule has 0 amide bonds. The Kier molecular flexibility index (Phi) is 11.9. The molecule has 5 N–H and O–H groups in total. The van der Waals surface area contributed by atoms with Gasteiger partial charge in [0.2, 0.25) is 5.75 Å². The molecule has 3 aromatic rings. The lowest BCUT2D eigenvalue weighted by Gasteiger charge is -2.45.